The summed E-state index contributed by atoms with van der Waals surface area (Å²) in [5.74, 6) is -0.355. The second-order valence-corrected chi connectivity index (χ2v) is 7.69. The van der Waals surface area contributed by atoms with Crippen LogP contribution in [-0.2, 0) is 25.9 Å². The molecule has 0 aromatic heterocycles. The molecule has 1 aromatic carbocycles. The lowest BCUT2D eigenvalue weighted by Crippen LogP contribution is -2.57. The summed E-state index contributed by atoms with van der Waals surface area (Å²) in [7, 11) is -3.39. The molecule has 0 radical (unpaired) electrons. The first-order chi connectivity index (χ1) is 10.6. The highest BCUT2D eigenvalue weighted by molar-refractivity contribution is 7.89. The number of benzene rings is 1. The zero-order chi connectivity index (χ0) is 15.6. The normalized spacial score (nSPS) is 26.6. The molecule has 7 heteroatoms. The molecular formula is C15H20FNO4S. The minimum Gasteiger partial charge on any atom is -0.379 e. The fraction of sp³-hybridized carbons (Fsp3) is 0.600. The summed E-state index contributed by atoms with van der Waals surface area (Å²) in [6.45, 7) is 1.78. The number of ether oxygens (including phenoxy) is 2. The first-order valence-electron chi connectivity index (χ1n) is 7.49. The van der Waals surface area contributed by atoms with Gasteiger partial charge in [0.25, 0.3) is 0 Å². The van der Waals surface area contributed by atoms with Crippen molar-refractivity contribution >= 4 is 10.0 Å². The van der Waals surface area contributed by atoms with Crippen molar-refractivity contribution in [3.8, 4) is 0 Å². The summed E-state index contributed by atoms with van der Waals surface area (Å²) >= 11 is 0. The summed E-state index contributed by atoms with van der Waals surface area (Å²) in [6, 6.07) is 5.94. The van der Waals surface area contributed by atoms with E-state index in [0.29, 0.717) is 44.8 Å². The molecule has 2 fully saturated rings. The lowest BCUT2D eigenvalue weighted by molar-refractivity contribution is -0.114. The van der Waals surface area contributed by atoms with Crippen LogP contribution in [0.25, 0.3) is 0 Å². The number of morpholine rings is 1. The van der Waals surface area contributed by atoms with Crippen molar-refractivity contribution in [3.05, 3.63) is 35.6 Å². The average Bonchev–Trinajstić information content (AvgIpc) is 2.52. The molecule has 2 heterocycles. The number of sulfonamides is 1. The molecule has 0 saturated carbocycles. The lowest BCUT2D eigenvalue weighted by atomic mass is 10.1. The molecule has 5 nitrogen and oxygen atoms in total. The van der Waals surface area contributed by atoms with Gasteiger partial charge in [-0.1, -0.05) is 12.1 Å². The van der Waals surface area contributed by atoms with Gasteiger partial charge in [0.2, 0.25) is 10.0 Å². The molecule has 0 N–H and O–H groups in total. The van der Waals surface area contributed by atoms with Crippen molar-refractivity contribution in [1.82, 2.24) is 4.31 Å². The number of nitrogens with zero attached hydrogens (tertiary/aromatic N) is 1. The Kier molecular flexibility index (Phi) is 4.77. The van der Waals surface area contributed by atoms with Gasteiger partial charge in [-0.15, -0.1) is 0 Å². The number of fused-ring (bicyclic) bond motifs is 1. The van der Waals surface area contributed by atoms with E-state index in [9.17, 15) is 12.8 Å². The maximum absolute atomic E-state index is 13.2. The van der Waals surface area contributed by atoms with Crippen molar-refractivity contribution in [3.63, 3.8) is 0 Å². The summed E-state index contributed by atoms with van der Waals surface area (Å²) in [5.41, 5.74) is 0.695. The first-order valence-corrected chi connectivity index (χ1v) is 9.10. The smallest absolute Gasteiger partial charge is 0.214 e. The Balaban J connectivity index is 1.69. The van der Waals surface area contributed by atoms with Crippen LogP contribution in [0.2, 0.25) is 0 Å². The Bertz CT molecular complexity index is 620. The highest BCUT2D eigenvalue weighted by Crippen LogP contribution is 2.25. The Labute approximate surface area is 130 Å². The van der Waals surface area contributed by atoms with E-state index in [-0.39, 0.29) is 23.7 Å². The van der Waals surface area contributed by atoms with Crippen molar-refractivity contribution in [2.45, 2.75) is 25.0 Å². The molecule has 122 valence electrons. The molecule has 0 amide bonds. The molecular weight excluding hydrogens is 309 g/mol. The van der Waals surface area contributed by atoms with Crippen LogP contribution in [0.4, 0.5) is 4.39 Å². The number of halogens is 1. The minimum atomic E-state index is -3.39. The van der Waals surface area contributed by atoms with Gasteiger partial charge in [0, 0.05) is 13.2 Å². The fourth-order valence-corrected chi connectivity index (χ4v) is 4.79. The quantitative estimate of drug-likeness (QED) is 0.833. The van der Waals surface area contributed by atoms with E-state index in [1.54, 1.807) is 16.4 Å². The predicted octanol–water partition coefficient (Wildman–Crippen LogP) is 1.19. The number of aryl methyl sites for hydroxylation is 1. The van der Waals surface area contributed by atoms with Gasteiger partial charge in [-0.05, 0) is 30.5 Å². The second-order valence-electron chi connectivity index (χ2n) is 5.65. The van der Waals surface area contributed by atoms with Crippen LogP contribution in [0.15, 0.2) is 24.3 Å². The Morgan fingerprint density at radius 2 is 2.18 bits per heavy atom. The van der Waals surface area contributed by atoms with Gasteiger partial charge in [0.15, 0.2) is 0 Å². The third kappa shape index (κ3) is 3.48. The molecule has 2 saturated heterocycles. The minimum absolute atomic E-state index is 0.0134. The van der Waals surface area contributed by atoms with Crippen LogP contribution in [0.3, 0.4) is 0 Å². The van der Waals surface area contributed by atoms with Gasteiger partial charge in [-0.3, -0.25) is 0 Å². The lowest BCUT2D eigenvalue weighted by Gasteiger charge is -2.42. The molecule has 3 rings (SSSR count). The summed E-state index contributed by atoms with van der Waals surface area (Å²) in [6.07, 6.45) is 0.793. The van der Waals surface area contributed by atoms with E-state index >= 15 is 0 Å². The van der Waals surface area contributed by atoms with E-state index in [0.717, 1.165) is 0 Å². The largest absolute Gasteiger partial charge is 0.379 e. The Hall–Kier alpha value is -1.02. The van der Waals surface area contributed by atoms with Gasteiger partial charge in [0.05, 0.1) is 31.1 Å². The van der Waals surface area contributed by atoms with Crippen molar-refractivity contribution in [2.75, 3.05) is 32.1 Å². The van der Waals surface area contributed by atoms with Gasteiger partial charge < -0.3 is 9.47 Å². The van der Waals surface area contributed by atoms with Crippen LogP contribution in [0.5, 0.6) is 0 Å². The van der Waals surface area contributed by atoms with Gasteiger partial charge in [-0.2, -0.15) is 4.31 Å². The SMILES string of the molecule is O=S(=O)(CCc1cccc(F)c1)N1CCO[C@@H]2COCC[C@@H]21. The number of hydrogen-bond donors (Lipinski definition) is 0. The molecule has 22 heavy (non-hydrogen) atoms. The van der Waals surface area contributed by atoms with Crippen LogP contribution >= 0.6 is 0 Å². The zero-order valence-corrected chi connectivity index (χ0v) is 13.1. The molecule has 2 atom stereocenters. The maximum Gasteiger partial charge on any atom is 0.214 e. The second kappa shape index (κ2) is 6.62. The Morgan fingerprint density at radius 1 is 1.32 bits per heavy atom. The van der Waals surface area contributed by atoms with E-state index in [4.69, 9.17) is 9.47 Å². The van der Waals surface area contributed by atoms with Crippen molar-refractivity contribution < 1.29 is 22.3 Å². The van der Waals surface area contributed by atoms with E-state index in [1.165, 1.54) is 12.1 Å². The third-order valence-electron chi connectivity index (χ3n) is 4.18. The maximum atomic E-state index is 13.2. The van der Waals surface area contributed by atoms with Crippen LogP contribution < -0.4 is 0 Å². The molecule has 0 aliphatic carbocycles. The average molecular weight is 329 g/mol. The summed E-state index contributed by atoms with van der Waals surface area (Å²) in [5, 5.41) is 0. The molecule has 2 aliphatic rings. The summed E-state index contributed by atoms with van der Waals surface area (Å²) in [4.78, 5) is 0. The van der Waals surface area contributed by atoms with Gasteiger partial charge >= 0.3 is 0 Å². The van der Waals surface area contributed by atoms with Crippen LogP contribution in [-0.4, -0.2) is 57.0 Å². The van der Waals surface area contributed by atoms with Crippen molar-refractivity contribution in [1.29, 1.82) is 0 Å². The van der Waals surface area contributed by atoms with Gasteiger partial charge in [0.1, 0.15) is 5.82 Å². The van der Waals surface area contributed by atoms with E-state index in [1.807, 2.05) is 0 Å². The molecule has 1 aromatic rings. The Morgan fingerprint density at radius 3 is 3.00 bits per heavy atom. The van der Waals surface area contributed by atoms with Crippen molar-refractivity contribution in [2.24, 2.45) is 0 Å². The van der Waals surface area contributed by atoms with Crippen LogP contribution in [0, 0.1) is 5.82 Å². The highest BCUT2D eigenvalue weighted by Gasteiger charge is 2.40. The zero-order valence-electron chi connectivity index (χ0n) is 12.3. The number of hydrogen-bond acceptors (Lipinski definition) is 4. The standard InChI is InChI=1S/C15H20FNO4S/c16-13-3-1-2-12(10-13)5-9-22(18,19)17-6-8-21-15-11-20-7-4-14(15)17/h1-3,10,14-15H,4-9,11H2/t14-,15+/m0/s1. The predicted molar refractivity (Wildman–Crippen MR) is 79.6 cm³/mol. The third-order valence-corrected chi connectivity index (χ3v) is 6.07. The monoisotopic (exact) mass is 329 g/mol. The van der Waals surface area contributed by atoms with E-state index < -0.39 is 10.0 Å². The van der Waals surface area contributed by atoms with Crippen LogP contribution in [0.1, 0.15) is 12.0 Å². The molecule has 0 bridgehead atoms. The van der Waals surface area contributed by atoms with E-state index in [2.05, 4.69) is 0 Å². The topological polar surface area (TPSA) is 55.8 Å². The highest BCUT2D eigenvalue weighted by atomic mass is 32.2. The molecule has 0 spiro atoms. The first kappa shape index (κ1) is 15.9. The number of rotatable bonds is 4. The fourth-order valence-electron chi connectivity index (χ4n) is 3.05. The molecule has 2 aliphatic heterocycles. The molecule has 0 unspecified atom stereocenters. The summed E-state index contributed by atoms with van der Waals surface area (Å²) < 4.78 is 51.0. The van der Waals surface area contributed by atoms with Gasteiger partial charge in [-0.25, -0.2) is 12.8 Å².